The molecule has 0 aliphatic rings. The highest BCUT2D eigenvalue weighted by atomic mass is 32.1. The van der Waals surface area contributed by atoms with Crippen molar-refractivity contribution in [2.45, 2.75) is 13.3 Å². The Labute approximate surface area is 115 Å². The minimum atomic E-state index is 0.811. The van der Waals surface area contributed by atoms with Crippen LogP contribution in [-0.4, -0.2) is 26.1 Å². The van der Waals surface area contributed by atoms with Crippen molar-refractivity contribution in [1.29, 1.82) is 0 Å². The number of nitrogens with one attached hydrogen (secondary N) is 1. The van der Waals surface area contributed by atoms with Gasteiger partial charge in [0.25, 0.3) is 0 Å². The molecule has 3 aromatic heterocycles. The van der Waals surface area contributed by atoms with Gasteiger partial charge in [0.2, 0.25) is 0 Å². The Balaban J connectivity index is 1.71. The first-order valence-electron chi connectivity index (χ1n) is 6.15. The standard InChI is InChI=1S/C13H15N5S/c1-9-17-10(7-19-9)3-5-14-13-12-11(4-6-15-13)18(2)8-16-12/h4,6-8H,3,5H2,1-2H3,(H,14,15). The number of fused-ring (bicyclic) bond motifs is 1. The van der Waals surface area contributed by atoms with Crippen molar-refractivity contribution >= 4 is 28.2 Å². The van der Waals surface area contributed by atoms with E-state index in [-0.39, 0.29) is 0 Å². The molecular formula is C13H15N5S. The van der Waals surface area contributed by atoms with Gasteiger partial charge in [0.05, 0.1) is 22.5 Å². The maximum atomic E-state index is 4.45. The fraction of sp³-hybridized carbons (Fsp3) is 0.308. The summed E-state index contributed by atoms with van der Waals surface area (Å²) < 4.78 is 1.99. The summed E-state index contributed by atoms with van der Waals surface area (Å²) in [4.78, 5) is 13.2. The van der Waals surface area contributed by atoms with Gasteiger partial charge in [-0.05, 0) is 13.0 Å². The number of imidazole rings is 1. The van der Waals surface area contributed by atoms with Crippen LogP contribution in [0.25, 0.3) is 11.0 Å². The first-order chi connectivity index (χ1) is 9.24. The largest absolute Gasteiger partial charge is 0.368 e. The van der Waals surface area contributed by atoms with Crippen LogP contribution in [0.5, 0.6) is 0 Å². The molecular weight excluding hydrogens is 258 g/mol. The summed E-state index contributed by atoms with van der Waals surface area (Å²) in [6, 6.07) is 1.97. The Bertz CT molecular complexity index is 700. The number of hydrogen-bond donors (Lipinski definition) is 1. The lowest BCUT2D eigenvalue weighted by Gasteiger charge is -2.05. The molecule has 19 heavy (non-hydrogen) atoms. The molecule has 1 N–H and O–H groups in total. The van der Waals surface area contributed by atoms with E-state index in [0.29, 0.717) is 0 Å². The number of aryl methyl sites for hydroxylation is 2. The van der Waals surface area contributed by atoms with Crippen LogP contribution in [0, 0.1) is 6.92 Å². The van der Waals surface area contributed by atoms with Gasteiger partial charge in [-0.2, -0.15) is 0 Å². The monoisotopic (exact) mass is 273 g/mol. The molecule has 3 rings (SSSR count). The molecule has 0 saturated heterocycles. The van der Waals surface area contributed by atoms with E-state index in [4.69, 9.17) is 0 Å². The number of nitrogens with zero attached hydrogens (tertiary/aromatic N) is 4. The lowest BCUT2D eigenvalue weighted by atomic mass is 10.3. The molecule has 5 nitrogen and oxygen atoms in total. The second-order valence-electron chi connectivity index (χ2n) is 4.42. The summed E-state index contributed by atoms with van der Waals surface area (Å²) >= 11 is 1.69. The second-order valence-corrected chi connectivity index (χ2v) is 5.48. The van der Waals surface area contributed by atoms with Crippen LogP contribution in [0.2, 0.25) is 0 Å². The number of aromatic nitrogens is 4. The molecule has 3 heterocycles. The van der Waals surface area contributed by atoms with Crippen molar-refractivity contribution in [2.24, 2.45) is 7.05 Å². The Morgan fingerprint density at radius 3 is 3.05 bits per heavy atom. The highest BCUT2D eigenvalue weighted by Crippen LogP contribution is 2.18. The smallest absolute Gasteiger partial charge is 0.154 e. The molecule has 0 amide bonds. The predicted octanol–water partition coefficient (Wildman–Crippen LogP) is 2.39. The van der Waals surface area contributed by atoms with Gasteiger partial charge < -0.3 is 9.88 Å². The van der Waals surface area contributed by atoms with Crippen LogP contribution < -0.4 is 5.32 Å². The molecule has 0 atom stereocenters. The van der Waals surface area contributed by atoms with Crippen LogP contribution in [-0.2, 0) is 13.5 Å². The van der Waals surface area contributed by atoms with E-state index in [1.807, 2.05) is 24.6 Å². The molecule has 6 heteroatoms. The van der Waals surface area contributed by atoms with Gasteiger partial charge in [0.15, 0.2) is 5.82 Å². The van der Waals surface area contributed by atoms with Gasteiger partial charge in [-0.1, -0.05) is 0 Å². The average Bonchev–Trinajstić information content (AvgIpc) is 2.98. The van der Waals surface area contributed by atoms with E-state index in [0.717, 1.165) is 40.5 Å². The van der Waals surface area contributed by atoms with Crippen molar-refractivity contribution in [3.05, 3.63) is 34.7 Å². The van der Waals surface area contributed by atoms with E-state index in [9.17, 15) is 0 Å². The van der Waals surface area contributed by atoms with Gasteiger partial charge in [-0.15, -0.1) is 11.3 Å². The first kappa shape index (κ1) is 12.1. The summed E-state index contributed by atoms with van der Waals surface area (Å²) in [6.07, 6.45) is 4.51. The molecule has 0 unspecified atom stereocenters. The highest BCUT2D eigenvalue weighted by Gasteiger charge is 2.06. The topological polar surface area (TPSA) is 55.6 Å². The van der Waals surface area contributed by atoms with Crippen molar-refractivity contribution in [3.63, 3.8) is 0 Å². The SMILES string of the molecule is Cc1nc(CCNc2nccc3c2ncn3C)cs1. The maximum Gasteiger partial charge on any atom is 0.154 e. The lowest BCUT2D eigenvalue weighted by molar-refractivity contribution is 0.947. The molecule has 0 spiro atoms. The van der Waals surface area contributed by atoms with Crippen LogP contribution in [0.15, 0.2) is 24.0 Å². The van der Waals surface area contributed by atoms with Crippen molar-refractivity contribution in [3.8, 4) is 0 Å². The third kappa shape index (κ3) is 2.44. The van der Waals surface area contributed by atoms with Crippen LogP contribution >= 0.6 is 11.3 Å². The zero-order valence-corrected chi connectivity index (χ0v) is 11.7. The number of hydrogen-bond acceptors (Lipinski definition) is 5. The number of rotatable bonds is 4. The molecule has 3 aromatic rings. The van der Waals surface area contributed by atoms with Gasteiger partial charge in [0.1, 0.15) is 5.52 Å². The normalized spacial score (nSPS) is 11.1. The molecule has 0 aliphatic heterocycles. The van der Waals surface area contributed by atoms with Gasteiger partial charge >= 0.3 is 0 Å². The lowest BCUT2D eigenvalue weighted by Crippen LogP contribution is -2.07. The van der Waals surface area contributed by atoms with E-state index < -0.39 is 0 Å². The summed E-state index contributed by atoms with van der Waals surface area (Å²) in [5.41, 5.74) is 3.13. The first-order valence-corrected chi connectivity index (χ1v) is 7.03. The quantitative estimate of drug-likeness (QED) is 0.793. The molecule has 98 valence electrons. The van der Waals surface area contributed by atoms with Crippen molar-refractivity contribution in [2.75, 3.05) is 11.9 Å². The third-order valence-corrected chi connectivity index (χ3v) is 3.81. The fourth-order valence-corrected chi connectivity index (χ4v) is 2.67. The summed E-state index contributed by atoms with van der Waals surface area (Å²) in [7, 11) is 1.98. The summed E-state index contributed by atoms with van der Waals surface area (Å²) in [5.74, 6) is 0.838. The average molecular weight is 273 g/mol. The zero-order valence-electron chi connectivity index (χ0n) is 10.9. The molecule has 0 aromatic carbocycles. The minimum absolute atomic E-state index is 0.811. The van der Waals surface area contributed by atoms with Crippen LogP contribution in [0.4, 0.5) is 5.82 Å². The predicted molar refractivity (Wildman–Crippen MR) is 77.6 cm³/mol. The van der Waals surface area contributed by atoms with E-state index in [1.54, 1.807) is 23.9 Å². The van der Waals surface area contributed by atoms with E-state index in [2.05, 4.69) is 25.6 Å². The third-order valence-electron chi connectivity index (χ3n) is 2.98. The Hall–Kier alpha value is -1.95. The van der Waals surface area contributed by atoms with Crippen molar-refractivity contribution < 1.29 is 0 Å². The highest BCUT2D eigenvalue weighted by molar-refractivity contribution is 7.09. The molecule has 0 saturated carbocycles. The van der Waals surface area contributed by atoms with Gasteiger partial charge in [-0.25, -0.2) is 15.0 Å². The molecule has 0 aliphatic carbocycles. The second kappa shape index (κ2) is 4.97. The number of thiazole rings is 1. The van der Waals surface area contributed by atoms with Crippen molar-refractivity contribution in [1.82, 2.24) is 19.5 Å². The van der Waals surface area contributed by atoms with Crippen LogP contribution in [0.3, 0.4) is 0 Å². The van der Waals surface area contributed by atoms with E-state index >= 15 is 0 Å². The minimum Gasteiger partial charge on any atom is -0.368 e. The Morgan fingerprint density at radius 2 is 2.26 bits per heavy atom. The summed E-state index contributed by atoms with van der Waals surface area (Å²) in [6.45, 7) is 2.84. The fourth-order valence-electron chi connectivity index (χ4n) is 2.02. The van der Waals surface area contributed by atoms with Gasteiger partial charge in [0, 0.05) is 31.6 Å². The molecule has 0 bridgehead atoms. The van der Waals surface area contributed by atoms with Crippen LogP contribution in [0.1, 0.15) is 10.7 Å². The molecule has 0 fully saturated rings. The number of anilines is 1. The Morgan fingerprint density at radius 1 is 1.37 bits per heavy atom. The number of pyridine rings is 1. The summed E-state index contributed by atoms with van der Waals surface area (Å²) in [5, 5.41) is 6.55. The van der Waals surface area contributed by atoms with E-state index in [1.165, 1.54) is 0 Å². The van der Waals surface area contributed by atoms with Gasteiger partial charge in [-0.3, -0.25) is 0 Å². The molecule has 0 radical (unpaired) electrons. The maximum absolute atomic E-state index is 4.45. The zero-order chi connectivity index (χ0) is 13.2. The Kier molecular flexibility index (Phi) is 3.16.